The number of aromatic nitrogens is 2. The van der Waals surface area contributed by atoms with Crippen LogP contribution < -0.4 is 10.0 Å². The van der Waals surface area contributed by atoms with Crippen molar-refractivity contribution in [3.8, 4) is 22.9 Å². The number of imidazole rings is 1. The van der Waals surface area contributed by atoms with Crippen LogP contribution in [0.4, 0.5) is 0 Å². The lowest BCUT2D eigenvalue weighted by molar-refractivity contribution is 0.229. The van der Waals surface area contributed by atoms with Crippen molar-refractivity contribution in [1.29, 1.82) is 0 Å². The van der Waals surface area contributed by atoms with Gasteiger partial charge in [0.25, 0.3) is 0 Å². The summed E-state index contributed by atoms with van der Waals surface area (Å²) in [6, 6.07) is 28.4. The number of halogens is 2. The number of ether oxygens (including phenoxy) is 1. The fraction of sp³-hybridized carbons (Fsp3) is 0.194. The third-order valence-electron chi connectivity index (χ3n) is 6.44. The summed E-state index contributed by atoms with van der Waals surface area (Å²) in [5.74, 6) is 0.483. The number of hydrogen-bond acceptors (Lipinski definition) is 5. The summed E-state index contributed by atoms with van der Waals surface area (Å²) in [6.45, 7) is 6.51. The van der Waals surface area contributed by atoms with E-state index in [2.05, 4.69) is 59.0 Å². The molecule has 0 bridgehead atoms. The number of hydrogen-bond donors (Lipinski definition) is 0. The van der Waals surface area contributed by atoms with Crippen molar-refractivity contribution in [3.05, 3.63) is 105 Å². The van der Waals surface area contributed by atoms with Crippen LogP contribution in [0.1, 0.15) is 25.0 Å². The Bertz CT molecular complexity index is 1680. The number of aryl methyl sites for hydroxylation is 1. The maximum atomic E-state index is 13.6. The lowest BCUT2D eigenvalue weighted by atomic mass is 10.0. The van der Waals surface area contributed by atoms with E-state index in [-0.39, 0.29) is 13.2 Å². The summed E-state index contributed by atoms with van der Waals surface area (Å²) in [7, 11) is -3.50. The first-order valence-electron chi connectivity index (χ1n) is 13.0. The van der Waals surface area contributed by atoms with E-state index in [1.54, 1.807) is 19.9 Å². The molecule has 1 aromatic heterocycles. The molecule has 0 radical (unpaired) electrons. The maximum absolute atomic E-state index is 13.6. The third kappa shape index (κ3) is 6.14. The normalized spacial score (nSPS) is 11.7. The molecule has 4 aromatic carbocycles. The number of benzene rings is 4. The van der Waals surface area contributed by atoms with E-state index in [1.165, 1.54) is 5.56 Å². The van der Waals surface area contributed by atoms with E-state index < -0.39 is 7.60 Å². The molecule has 9 heteroatoms. The quantitative estimate of drug-likeness (QED) is 0.108. The second-order valence-corrected chi connectivity index (χ2v) is 12.7. The zero-order chi connectivity index (χ0) is 28.3. The molecule has 206 valence electrons. The van der Waals surface area contributed by atoms with E-state index in [4.69, 9.17) is 30.4 Å². The van der Waals surface area contributed by atoms with Crippen molar-refractivity contribution in [2.24, 2.45) is 0 Å². The molecule has 0 aliphatic carbocycles. The molecule has 0 N–H and O–H groups in total. The minimum absolute atomic E-state index is 0.264. The summed E-state index contributed by atoms with van der Waals surface area (Å²) < 4.78 is 34.0. The van der Waals surface area contributed by atoms with Crippen molar-refractivity contribution in [3.63, 3.8) is 0 Å². The van der Waals surface area contributed by atoms with E-state index in [0.717, 1.165) is 31.3 Å². The largest absolute Gasteiger partial charge is 0.425 e. The highest BCUT2D eigenvalue weighted by atomic mass is 127. The van der Waals surface area contributed by atoms with Crippen LogP contribution in [0.5, 0.6) is 11.8 Å². The Morgan fingerprint density at radius 3 is 2.25 bits per heavy atom. The van der Waals surface area contributed by atoms with Gasteiger partial charge in [-0.25, -0.2) is 0 Å². The first-order chi connectivity index (χ1) is 19.3. The van der Waals surface area contributed by atoms with Gasteiger partial charge in [-0.05, 0) is 89.9 Å². The van der Waals surface area contributed by atoms with Crippen LogP contribution in [0.3, 0.4) is 0 Å². The number of rotatable bonds is 10. The third-order valence-corrected chi connectivity index (χ3v) is 10.2. The molecule has 0 spiro atoms. The second kappa shape index (κ2) is 12.5. The van der Waals surface area contributed by atoms with Crippen LogP contribution in [0.25, 0.3) is 22.2 Å². The van der Waals surface area contributed by atoms with Crippen LogP contribution in [-0.2, 0) is 20.2 Å². The molecular weight excluding hydrogens is 658 g/mol. The van der Waals surface area contributed by atoms with Crippen molar-refractivity contribution in [1.82, 2.24) is 9.55 Å². The lowest BCUT2D eigenvalue weighted by Gasteiger charge is -2.20. The number of fused-ring (bicyclic) bond motifs is 1. The van der Waals surface area contributed by atoms with E-state index in [1.807, 2.05) is 54.0 Å². The molecule has 0 saturated carbocycles. The zero-order valence-corrected chi connectivity index (χ0v) is 26.2. The predicted molar refractivity (Wildman–Crippen MR) is 170 cm³/mol. The van der Waals surface area contributed by atoms with E-state index in [9.17, 15) is 4.57 Å². The Hall–Kier alpha value is -2.68. The van der Waals surface area contributed by atoms with Crippen LogP contribution in [-0.4, -0.2) is 22.8 Å². The molecule has 5 aromatic rings. The van der Waals surface area contributed by atoms with Crippen LogP contribution in [0, 0.1) is 10.5 Å². The van der Waals surface area contributed by atoms with Gasteiger partial charge in [-0.15, -0.1) is 0 Å². The van der Waals surface area contributed by atoms with E-state index in [0.29, 0.717) is 28.6 Å². The summed E-state index contributed by atoms with van der Waals surface area (Å²) >= 11 is 8.72. The van der Waals surface area contributed by atoms with Gasteiger partial charge in [-0.1, -0.05) is 72.3 Å². The van der Waals surface area contributed by atoms with Gasteiger partial charge in [0.15, 0.2) is 0 Å². The first kappa shape index (κ1) is 28.8. The maximum Gasteiger partial charge on any atom is 0.361 e. The van der Waals surface area contributed by atoms with Crippen molar-refractivity contribution >= 4 is 58.1 Å². The minimum Gasteiger partial charge on any atom is -0.425 e. The highest BCUT2D eigenvalue weighted by Crippen LogP contribution is 2.48. The molecule has 0 unspecified atom stereocenters. The Morgan fingerprint density at radius 1 is 0.900 bits per heavy atom. The summed E-state index contributed by atoms with van der Waals surface area (Å²) in [6.07, 6.45) is 0. The molecule has 40 heavy (non-hydrogen) atoms. The Balaban J connectivity index is 1.53. The molecule has 0 saturated heterocycles. The molecule has 0 aliphatic rings. The Labute approximate surface area is 252 Å². The Kier molecular flexibility index (Phi) is 8.98. The molecule has 6 nitrogen and oxygen atoms in total. The van der Waals surface area contributed by atoms with E-state index >= 15 is 0 Å². The van der Waals surface area contributed by atoms with Gasteiger partial charge >= 0.3 is 13.6 Å². The summed E-state index contributed by atoms with van der Waals surface area (Å²) in [5, 5.41) is 1.12. The second-order valence-electron chi connectivity index (χ2n) is 9.18. The number of nitrogens with zero attached hydrogens (tertiary/aromatic N) is 2. The van der Waals surface area contributed by atoms with Gasteiger partial charge in [0.05, 0.1) is 41.1 Å². The van der Waals surface area contributed by atoms with Gasteiger partial charge in [-0.2, -0.15) is 4.98 Å². The molecule has 0 fully saturated rings. The molecular formula is C31H29ClIN2O4P. The van der Waals surface area contributed by atoms with Crippen molar-refractivity contribution in [2.75, 3.05) is 13.2 Å². The standard InChI is InChI=1S/C31H29ClIN2O4P/c1-4-37-40(36,38-5-2)30-17-25(16-11-21(30)3)39-31-34-28-19-27(33)26(32)18-29(28)35(31)20-22-12-14-24(15-13-22)23-9-7-6-8-10-23/h6-19H,4-5,20H2,1-3H3. The molecule has 1 heterocycles. The van der Waals surface area contributed by atoms with Crippen LogP contribution in [0.15, 0.2) is 84.9 Å². The molecule has 0 atom stereocenters. The minimum atomic E-state index is -3.50. The fourth-order valence-electron chi connectivity index (χ4n) is 4.51. The van der Waals surface area contributed by atoms with Crippen LogP contribution >= 0.6 is 41.8 Å². The van der Waals surface area contributed by atoms with Crippen molar-refractivity contribution in [2.45, 2.75) is 27.3 Å². The predicted octanol–water partition coefficient (Wildman–Crippen LogP) is 9.00. The molecule has 5 rings (SSSR count). The average Bonchev–Trinajstić information content (AvgIpc) is 3.26. The van der Waals surface area contributed by atoms with Gasteiger partial charge in [0.1, 0.15) is 5.75 Å². The lowest BCUT2D eigenvalue weighted by Crippen LogP contribution is -2.14. The van der Waals surface area contributed by atoms with Crippen molar-refractivity contribution < 1.29 is 18.3 Å². The van der Waals surface area contributed by atoms with Gasteiger partial charge in [0.2, 0.25) is 0 Å². The SMILES string of the molecule is CCOP(=O)(OCC)c1cc(Oc2nc3cc(I)c(Cl)cc3n2Cc2ccc(-c3ccccc3)cc2)ccc1C. The van der Waals surface area contributed by atoms with Gasteiger partial charge in [-0.3, -0.25) is 9.13 Å². The topological polar surface area (TPSA) is 62.6 Å². The zero-order valence-electron chi connectivity index (χ0n) is 22.4. The first-order valence-corrected chi connectivity index (χ1v) is 16.0. The summed E-state index contributed by atoms with van der Waals surface area (Å²) in [4.78, 5) is 4.80. The highest BCUT2D eigenvalue weighted by molar-refractivity contribution is 14.1. The summed E-state index contributed by atoms with van der Waals surface area (Å²) in [5.41, 5.74) is 5.82. The Morgan fingerprint density at radius 2 is 1.57 bits per heavy atom. The average molecular weight is 687 g/mol. The fourth-order valence-corrected chi connectivity index (χ4v) is 6.95. The van der Waals surface area contributed by atoms with Gasteiger partial charge in [0, 0.05) is 3.57 Å². The van der Waals surface area contributed by atoms with Crippen LogP contribution in [0.2, 0.25) is 5.02 Å². The molecule has 0 amide bonds. The van der Waals surface area contributed by atoms with Gasteiger partial charge < -0.3 is 13.8 Å². The smallest absolute Gasteiger partial charge is 0.361 e. The molecule has 0 aliphatic heterocycles. The monoisotopic (exact) mass is 686 g/mol. The highest BCUT2D eigenvalue weighted by Gasteiger charge is 2.29.